The van der Waals surface area contributed by atoms with E-state index in [9.17, 15) is 4.79 Å². The molecule has 0 radical (unpaired) electrons. The summed E-state index contributed by atoms with van der Waals surface area (Å²) in [4.78, 5) is 10.2. The molecule has 0 saturated heterocycles. The number of aliphatic carboxylic acids is 1. The first kappa shape index (κ1) is 9.43. The van der Waals surface area contributed by atoms with Crippen molar-refractivity contribution in [3.8, 4) is 0 Å². The summed E-state index contributed by atoms with van der Waals surface area (Å²) in [6.07, 6.45) is 8.00. The van der Waals surface area contributed by atoms with Gasteiger partial charge in [0, 0.05) is 0 Å². The normalized spacial score (nSPS) is 10.5. The van der Waals surface area contributed by atoms with Gasteiger partial charge < -0.3 is 5.11 Å². The fourth-order valence-electron chi connectivity index (χ4n) is 0.386. The Bertz CT molecular complexity index is 222. The third-order valence-electron chi connectivity index (χ3n) is 0.930. The summed E-state index contributed by atoms with van der Waals surface area (Å²) in [5.41, 5.74) is 0.0683. The van der Waals surface area contributed by atoms with E-state index in [1.165, 1.54) is 6.08 Å². The van der Waals surface area contributed by atoms with Gasteiger partial charge in [-0.05, 0) is 6.08 Å². The lowest BCUT2D eigenvalue weighted by atomic mass is 10.3. The molecule has 0 unspecified atom stereocenters. The predicted molar refractivity (Wildman–Crippen MR) is 45.3 cm³/mol. The lowest BCUT2D eigenvalue weighted by molar-refractivity contribution is -0.132. The highest BCUT2D eigenvalue weighted by atomic mass is 16.4. The molecular formula is C9H10O2. The van der Waals surface area contributed by atoms with Gasteiger partial charge in [0.1, 0.15) is 0 Å². The van der Waals surface area contributed by atoms with Crippen LogP contribution in [0.5, 0.6) is 0 Å². The first-order chi connectivity index (χ1) is 5.18. The Morgan fingerprint density at radius 2 is 1.91 bits per heavy atom. The van der Waals surface area contributed by atoms with Gasteiger partial charge in [-0.3, -0.25) is 0 Å². The highest BCUT2D eigenvalue weighted by Crippen LogP contribution is 1.92. The maximum atomic E-state index is 10.2. The quantitative estimate of drug-likeness (QED) is 0.491. The first-order valence-corrected chi connectivity index (χ1v) is 3.06. The third kappa shape index (κ3) is 4.90. The summed E-state index contributed by atoms with van der Waals surface area (Å²) in [5, 5.41) is 8.34. The second kappa shape index (κ2) is 5.23. The third-order valence-corrected chi connectivity index (χ3v) is 0.930. The number of allylic oxidation sites excluding steroid dienone is 4. The lowest BCUT2D eigenvalue weighted by Crippen LogP contribution is -1.94. The van der Waals surface area contributed by atoms with E-state index in [0.29, 0.717) is 0 Å². The minimum absolute atomic E-state index is 0.0683. The van der Waals surface area contributed by atoms with Crippen molar-refractivity contribution < 1.29 is 9.90 Å². The molecule has 0 heterocycles. The minimum Gasteiger partial charge on any atom is -0.478 e. The number of carboxylic acids is 1. The van der Waals surface area contributed by atoms with Gasteiger partial charge in [-0.15, -0.1) is 0 Å². The molecule has 0 rings (SSSR count). The van der Waals surface area contributed by atoms with Crippen LogP contribution in [0.2, 0.25) is 0 Å². The molecule has 0 atom stereocenters. The Kier molecular flexibility index (Phi) is 4.49. The summed E-state index contributed by atoms with van der Waals surface area (Å²) in [5.74, 6) is -1.01. The molecule has 58 valence electrons. The molecule has 2 heteroatoms. The van der Waals surface area contributed by atoms with E-state index in [2.05, 4.69) is 13.2 Å². The fourth-order valence-corrected chi connectivity index (χ4v) is 0.386. The van der Waals surface area contributed by atoms with Crippen LogP contribution in [0.3, 0.4) is 0 Å². The van der Waals surface area contributed by atoms with Crippen molar-refractivity contribution in [2.24, 2.45) is 0 Å². The van der Waals surface area contributed by atoms with Crippen LogP contribution >= 0.6 is 0 Å². The molecule has 0 spiro atoms. The van der Waals surface area contributed by atoms with E-state index in [4.69, 9.17) is 5.11 Å². The number of hydrogen-bond acceptors (Lipinski definition) is 1. The maximum Gasteiger partial charge on any atom is 0.335 e. The number of rotatable bonds is 4. The van der Waals surface area contributed by atoms with Crippen LogP contribution in [0.25, 0.3) is 0 Å². The van der Waals surface area contributed by atoms with E-state index in [0.717, 1.165) is 0 Å². The standard InChI is InChI=1S/C9H10O2/c1-3-4-5-6-7-8(2)9(10)11/h3-7H,1-2H2,(H,10,11)/b5-4-,7-6-. The Balaban J connectivity index is 3.93. The highest BCUT2D eigenvalue weighted by Gasteiger charge is 1.95. The first-order valence-electron chi connectivity index (χ1n) is 3.06. The van der Waals surface area contributed by atoms with Gasteiger partial charge in [0.25, 0.3) is 0 Å². The molecule has 0 aromatic rings. The molecule has 1 N–H and O–H groups in total. The van der Waals surface area contributed by atoms with Gasteiger partial charge >= 0.3 is 5.97 Å². The van der Waals surface area contributed by atoms with Gasteiger partial charge in [0.15, 0.2) is 0 Å². The molecule has 2 nitrogen and oxygen atoms in total. The van der Waals surface area contributed by atoms with E-state index >= 15 is 0 Å². The summed E-state index contributed by atoms with van der Waals surface area (Å²) < 4.78 is 0. The van der Waals surface area contributed by atoms with Crippen LogP contribution in [0, 0.1) is 0 Å². The number of hydrogen-bond donors (Lipinski definition) is 1. The summed E-state index contributed by atoms with van der Waals surface area (Å²) >= 11 is 0. The zero-order chi connectivity index (χ0) is 8.69. The van der Waals surface area contributed by atoms with Crippen molar-refractivity contribution in [3.63, 3.8) is 0 Å². The van der Waals surface area contributed by atoms with Gasteiger partial charge in [-0.2, -0.15) is 0 Å². The van der Waals surface area contributed by atoms with Crippen LogP contribution in [0.4, 0.5) is 0 Å². The minimum atomic E-state index is -1.01. The van der Waals surface area contributed by atoms with Crippen LogP contribution in [-0.4, -0.2) is 11.1 Å². The smallest absolute Gasteiger partial charge is 0.335 e. The van der Waals surface area contributed by atoms with Crippen molar-refractivity contribution >= 4 is 5.97 Å². The van der Waals surface area contributed by atoms with Crippen molar-refractivity contribution in [2.45, 2.75) is 0 Å². The Labute approximate surface area is 65.9 Å². The fraction of sp³-hybridized carbons (Fsp3) is 0. The molecule has 0 bridgehead atoms. The molecule has 11 heavy (non-hydrogen) atoms. The molecule has 0 aliphatic rings. The lowest BCUT2D eigenvalue weighted by Gasteiger charge is -1.85. The molecule has 0 aromatic carbocycles. The Hall–Kier alpha value is -1.57. The largest absolute Gasteiger partial charge is 0.478 e. The Morgan fingerprint density at radius 1 is 1.27 bits per heavy atom. The van der Waals surface area contributed by atoms with Crippen LogP contribution in [0.1, 0.15) is 0 Å². The summed E-state index contributed by atoms with van der Waals surface area (Å²) in [7, 11) is 0. The van der Waals surface area contributed by atoms with Crippen molar-refractivity contribution in [2.75, 3.05) is 0 Å². The van der Waals surface area contributed by atoms with Crippen molar-refractivity contribution in [1.82, 2.24) is 0 Å². The zero-order valence-corrected chi connectivity index (χ0v) is 6.16. The van der Waals surface area contributed by atoms with Crippen LogP contribution < -0.4 is 0 Å². The maximum absolute atomic E-state index is 10.2. The molecule has 0 aliphatic carbocycles. The molecule has 0 saturated carbocycles. The van der Waals surface area contributed by atoms with E-state index < -0.39 is 5.97 Å². The Morgan fingerprint density at radius 3 is 2.36 bits per heavy atom. The monoisotopic (exact) mass is 150 g/mol. The molecular weight excluding hydrogens is 140 g/mol. The molecule has 0 aliphatic heterocycles. The average molecular weight is 150 g/mol. The molecule has 0 aromatic heterocycles. The average Bonchev–Trinajstić information content (AvgIpc) is 1.97. The molecule has 0 amide bonds. The van der Waals surface area contributed by atoms with E-state index in [1.54, 1.807) is 24.3 Å². The topological polar surface area (TPSA) is 37.3 Å². The highest BCUT2D eigenvalue weighted by molar-refractivity contribution is 5.88. The number of carbonyl (C=O) groups is 1. The van der Waals surface area contributed by atoms with Crippen LogP contribution in [-0.2, 0) is 4.79 Å². The number of carboxylic acid groups (broad SMARTS) is 1. The zero-order valence-electron chi connectivity index (χ0n) is 6.16. The van der Waals surface area contributed by atoms with E-state index in [1.807, 2.05) is 0 Å². The van der Waals surface area contributed by atoms with Crippen molar-refractivity contribution in [3.05, 3.63) is 49.1 Å². The summed E-state index contributed by atoms with van der Waals surface area (Å²) in [6.45, 7) is 6.76. The van der Waals surface area contributed by atoms with Gasteiger partial charge in [-0.1, -0.05) is 37.5 Å². The van der Waals surface area contributed by atoms with Crippen LogP contribution in [0.15, 0.2) is 49.1 Å². The van der Waals surface area contributed by atoms with Gasteiger partial charge in [0.2, 0.25) is 0 Å². The van der Waals surface area contributed by atoms with E-state index in [-0.39, 0.29) is 5.57 Å². The second-order valence-electron chi connectivity index (χ2n) is 1.81. The summed E-state index contributed by atoms with van der Waals surface area (Å²) in [6, 6.07) is 0. The van der Waals surface area contributed by atoms with Gasteiger partial charge in [0.05, 0.1) is 5.57 Å². The predicted octanol–water partition coefficient (Wildman–Crippen LogP) is 1.93. The molecule has 0 fully saturated rings. The SMILES string of the molecule is C=C/C=C\C=C/C(=C)C(=O)O. The second-order valence-corrected chi connectivity index (χ2v) is 1.81. The van der Waals surface area contributed by atoms with Crippen molar-refractivity contribution in [1.29, 1.82) is 0 Å². The van der Waals surface area contributed by atoms with Gasteiger partial charge in [-0.25, -0.2) is 4.79 Å².